The number of hydrogen-bond acceptors (Lipinski definition) is 3. The molecule has 4 nitrogen and oxygen atoms in total. The summed E-state index contributed by atoms with van der Waals surface area (Å²) in [5, 5.41) is 11.9. The van der Waals surface area contributed by atoms with E-state index in [1.165, 1.54) is 0 Å². The van der Waals surface area contributed by atoms with Gasteiger partial charge in [-0.15, -0.1) is 5.10 Å². The Morgan fingerprint density at radius 1 is 1.41 bits per heavy atom. The molecule has 1 unspecified atom stereocenters. The number of rotatable bonds is 3. The van der Waals surface area contributed by atoms with Crippen LogP contribution in [0.15, 0.2) is 24.4 Å². The van der Waals surface area contributed by atoms with E-state index in [1.807, 2.05) is 39.2 Å². The Morgan fingerprint density at radius 3 is 2.76 bits per heavy atom. The topological polar surface area (TPSA) is 42.7 Å². The molecule has 5 heteroatoms. The van der Waals surface area contributed by atoms with Gasteiger partial charge in [0.2, 0.25) is 0 Å². The summed E-state index contributed by atoms with van der Waals surface area (Å²) in [6.45, 7) is 2.00. The van der Waals surface area contributed by atoms with E-state index in [9.17, 15) is 0 Å². The molecular weight excluding hydrogens is 236 g/mol. The van der Waals surface area contributed by atoms with E-state index in [1.54, 1.807) is 10.9 Å². The summed E-state index contributed by atoms with van der Waals surface area (Å²) in [5.41, 5.74) is 3.10. The highest BCUT2D eigenvalue weighted by atomic mass is 35.5. The first-order valence-corrected chi connectivity index (χ1v) is 5.79. The molecule has 2 rings (SSSR count). The van der Waals surface area contributed by atoms with Crippen LogP contribution in [0, 0.1) is 6.92 Å². The summed E-state index contributed by atoms with van der Waals surface area (Å²) >= 11 is 6.35. The highest BCUT2D eigenvalue weighted by Crippen LogP contribution is 2.29. The van der Waals surface area contributed by atoms with E-state index in [0.717, 1.165) is 21.8 Å². The highest BCUT2D eigenvalue weighted by Gasteiger charge is 2.19. The maximum atomic E-state index is 6.35. The molecule has 17 heavy (non-hydrogen) atoms. The lowest BCUT2D eigenvalue weighted by Crippen LogP contribution is -2.21. The normalized spacial score (nSPS) is 12.7. The minimum absolute atomic E-state index is 0.00222. The van der Waals surface area contributed by atoms with E-state index in [-0.39, 0.29) is 6.04 Å². The van der Waals surface area contributed by atoms with Crippen LogP contribution in [0.25, 0.3) is 0 Å². The van der Waals surface area contributed by atoms with Gasteiger partial charge in [-0.05, 0) is 25.1 Å². The Balaban J connectivity index is 2.50. The van der Waals surface area contributed by atoms with Crippen LogP contribution in [0.5, 0.6) is 0 Å². The van der Waals surface area contributed by atoms with Crippen LogP contribution in [0.1, 0.15) is 22.9 Å². The van der Waals surface area contributed by atoms with Crippen molar-refractivity contribution in [1.82, 2.24) is 20.3 Å². The number of benzene rings is 1. The lowest BCUT2D eigenvalue weighted by Gasteiger charge is -2.18. The van der Waals surface area contributed by atoms with Gasteiger partial charge in [0.15, 0.2) is 0 Å². The molecule has 0 aliphatic rings. The minimum Gasteiger partial charge on any atom is -0.308 e. The predicted octanol–water partition coefficient (Wildman–Crippen LogP) is 2.09. The molecule has 90 valence electrons. The molecule has 0 saturated heterocycles. The average molecular weight is 251 g/mol. The lowest BCUT2D eigenvalue weighted by molar-refractivity contribution is 0.598. The molecule has 0 bridgehead atoms. The maximum absolute atomic E-state index is 6.35. The van der Waals surface area contributed by atoms with Gasteiger partial charge >= 0.3 is 0 Å². The molecule has 1 heterocycles. The van der Waals surface area contributed by atoms with Gasteiger partial charge in [0.25, 0.3) is 0 Å². The van der Waals surface area contributed by atoms with Gasteiger partial charge in [0.05, 0.1) is 17.9 Å². The van der Waals surface area contributed by atoms with Gasteiger partial charge in [-0.25, -0.2) is 0 Å². The molecule has 2 aromatic rings. The number of hydrogen-bond donors (Lipinski definition) is 1. The van der Waals surface area contributed by atoms with Gasteiger partial charge in [0, 0.05) is 12.1 Å². The van der Waals surface area contributed by atoms with Crippen LogP contribution in [-0.2, 0) is 7.05 Å². The molecule has 1 aromatic heterocycles. The van der Waals surface area contributed by atoms with Crippen LogP contribution < -0.4 is 5.32 Å². The van der Waals surface area contributed by atoms with E-state index in [4.69, 9.17) is 11.6 Å². The molecule has 1 N–H and O–H groups in total. The second-order valence-electron chi connectivity index (χ2n) is 3.98. The molecule has 0 saturated carbocycles. The molecule has 1 atom stereocenters. The van der Waals surface area contributed by atoms with E-state index in [0.29, 0.717) is 0 Å². The fourth-order valence-electron chi connectivity index (χ4n) is 1.91. The molecule has 1 aromatic carbocycles. The van der Waals surface area contributed by atoms with Crippen molar-refractivity contribution in [2.45, 2.75) is 13.0 Å². The van der Waals surface area contributed by atoms with E-state index < -0.39 is 0 Å². The van der Waals surface area contributed by atoms with Crippen LogP contribution in [0.4, 0.5) is 0 Å². The molecule has 0 radical (unpaired) electrons. The summed E-state index contributed by atoms with van der Waals surface area (Å²) in [6.07, 6.45) is 1.75. The van der Waals surface area contributed by atoms with E-state index in [2.05, 4.69) is 15.6 Å². The van der Waals surface area contributed by atoms with Crippen molar-refractivity contribution in [2.24, 2.45) is 7.05 Å². The Kier molecular flexibility index (Phi) is 3.45. The summed E-state index contributed by atoms with van der Waals surface area (Å²) in [7, 11) is 3.77. The first kappa shape index (κ1) is 12.1. The van der Waals surface area contributed by atoms with Gasteiger partial charge in [-0.1, -0.05) is 35.0 Å². The van der Waals surface area contributed by atoms with Crippen molar-refractivity contribution in [3.8, 4) is 0 Å². The predicted molar refractivity (Wildman–Crippen MR) is 68.1 cm³/mol. The van der Waals surface area contributed by atoms with Crippen LogP contribution >= 0.6 is 11.6 Å². The third-order valence-corrected chi connectivity index (χ3v) is 3.38. The van der Waals surface area contributed by atoms with Crippen LogP contribution in [-0.4, -0.2) is 22.0 Å². The van der Waals surface area contributed by atoms with Crippen molar-refractivity contribution in [3.05, 3.63) is 46.2 Å². The number of nitrogens with one attached hydrogen (secondary N) is 1. The molecule has 0 aliphatic carbocycles. The molecular formula is C12H15ClN4. The lowest BCUT2D eigenvalue weighted by atomic mass is 10.0. The average Bonchev–Trinajstić information content (AvgIpc) is 2.72. The van der Waals surface area contributed by atoms with Gasteiger partial charge in [0.1, 0.15) is 0 Å². The second kappa shape index (κ2) is 4.85. The Morgan fingerprint density at radius 2 is 2.18 bits per heavy atom. The zero-order valence-electron chi connectivity index (χ0n) is 10.1. The first-order valence-electron chi connectivity index (χ1n) is 5.42. The molecule has 0 spiro atoms. The van der Waals surface area contributed by atoms with Crippen LogP contribution in [0.2, 0.25) is 5.02 Å². The SMILES string of the molecule is CNC(c1cccc(C)c1Cl)c1cnnn1C. The molecule has 0 aliphatic heterocycles. The van der Waals surface area contributed by atoms with Gasteiger partial charge < -0.3 is 5.32 Å². The van der Waals surface area contributed by atoms with Crippen LogP contribution in [0.3, 0.4) is 0 Å². The zero-order valence-corrected chi connectivity index (χ0v) is 10.9. The first-order chi connectivity index (χ1) is 8.15. The number of aromatic nitrogens is 3. The van der Waals surface area contributed by atoms with Gasteiger partial charge in [-0.3, -0.25) is 4.68 Å². The minimum atomic E-state index is 0.00222. The quantitative estimate of drug-likeness (QED) is 0.907. The smallest absolute Gasteiger partial charge is 0.0799 e. The largest absolute Gasteiger partial charge is 0.308 e. The number of nitrogens with zero attached hydrogens (tertiary/aromatic N) is 3. The summed E-state index contributed by atoms with van der Waals surface area (Å²) in [6, 6.07) is 6.02. The molecule has 0 amide bonds. The maximum Gasteiger partial charge on any atom is 0.0799 e. The van der Waals surface area contributed by atoms with Crippen molar-refractivity contribution in [2.75, 3.05) is 7.05 Å². The summed E-state index contributed by atoms with van der Waals surface area (Å²) in [5.74, 6) is 0. The van der Waals surface area contributed by atoms with Crippen molar-refractivity contribution in [3.63, 3.8) is 0 Å². The highest BCUT2D eigenvalue weighted by molar-refractivity contribution is 6.32. The number of aryl methyl sites for hydroxylation is 2. The van der Waals surface area contributed by atoms with E-state index >= 15 is 0 Å². The van der Waals surface area contributed by atoms with Gasteiger partial charge in [-0.2, -0.15) is 0 Å². The Hall–Kier alpha value is -1.39. The number of halogens is 1. The third kappa shape index (κ3) is 2.18. The standard InChI is InChI=1S/C12H15ClN4/c1-8-5-4-6-9(11(8)13)12(14-2)10-7-15-16-17(10)3/h4-7,12,14H,1-3H3. The fraction of sp³-hybridized carbons (Fsp3) is 0.333. The fourth-order valence-corrected chi connectivity index (χ4v) is 2.15. The Bertz CT molecular complexity index is 521. The summed E-state index contributed by atoms with van der Waals surface area (Å²) in [4.78, 5) is 0. The summed E-state index contributed by atoms with van der Waals surface area (Å²) < 4.78 is 1.75. The zero-order chi connectivity index (χ0) is 12.4. The monoisotopic (exact) mass is 250 g/mol. The van der Waals surface area contributed by atoms with Crippen molar-refractivity contribution < 1.29 is 0 Å². The molecule has 0 fully saturated rings. The third-order valence-electron chi connectivity index (χ3n) is 2.87. The Labute approximate surface area is 106 Å². The second-order valence-corrected chi connectivity index (χ2v) is 4.36. The van der Waals surface area contributed by atoms with Crippen molar-refractivity contribution >= 4 is 11.6 Å². The van der Waals surface area contributed by atoms with Crippen molar-refractivity contribution in [1.29, 1.82) is 0 Å².